The third-order valence-electron chi connectivity index (χ3n) is 4.43. The zero-order valence-corrected chi connectivity index (χ0v) is 10.8. The standard InChI is InChI=1S/C15H22N2O/c18-15-7-8-16-10-14(15)6-9-17(12-15)11-13-4-2-1-3-5-13/h1-5,14,16,18H,6-12H2. The number of hydrogen-bond donors (Lipinski definition) is 2. The molecule has 0 aromatic heterocycles. The third-order valence-corrected chi connectivity index (χ3v) is 4.43. The molecule has 2 atom stereocenters. The summed E-state index contributed by atoms with van der Waals surface area (Å²) in [6.45, 7) is 4.82. The first kappa shape index (κ1) is 12.2. The Morgan fingerprint density at radius 3 is 3.00 bits per heavy atom. The van der Waals surface area contributed by atoms with E-state index in [1.807, 2.05) is 0 Å². The zero-order valence-electron chi connectivity index (χ0n) is 10.8. The minimum atomic E-state index is -0.460. The molecule has 2 aliphatic rings. The SMILES string of the molecule is OC12CCNCC1CCN(Cc1ccccc1)C2. The first-order valence-electron chi connectivity index (χ1n) is 6.96. The molecule has 2 N–H and O–H groups in total. The molecular formula is C15H22N2O. The van der Waals surface area contributed by atoms with Gasteiger partial charge in [0.25, 0.3) is 0 Å². The Labute approximate surface area is 109 Å². The van der Waals surface area contributed by atoms with Gasteiger partial charge in [-0.2, -0.15) is 0 Å². The van der Waals surface area contributed by atoms with E-state index in [2.05, 4.69) is 40.5 Å². The van der Waals surface area contributed by atoms with Gasteiger partial charge >= 0.3 is 0 Å². The molecule has 3 nitrogen and oxygen atoms in total. The summed E-state index contributed by atoms with van der Waals surface area (Å²) in [5, 5.41) is 14.2. The van der Waals surface area contributed by atoms with E-state index in [1.165, 1.54) is 5.56 Å². The number of β-amino-alcohol motifs (C(OH)–C–C–N with tert-alkyl or cyclic N) is 1. The normalized spacial score (nSPS) is 33.1. The van der Waals surface area contributed by atoms with Crippen LogP contribution in [0, 0.1) is 5.92 Å². The van der Waals surface area contributed by atoms with Gasteiger partial charge in [0.2, 0.25) is 0 Å². The topological polar surface area (TPSA) is 35.5 Å². The van der Waals surface area contributed by atoms with Crippen LogP contribution in [0.25, 0.3) is 0 Å². The Kier molecular flexibility index (Phi) is 3.37. The lowest BCUT2D eigenvalue weighted by Crippen LogP contribution is -2.60. The maximum atomic E-state index is 10.8. The summed E-state index contributed by atoms with van der Waals surface area (Å²) in [5.41, 5.74) is 0.881. The van der Waals surface area contributed by atoms with Gasteiger partial charge < -0.3 is 10.4 Å². The average Bonchev–Trinajstić information content (AvgIpc) is 2.39. The number of nitrogens with one attached hydrogen (secondary N) is 1. The molecule has 2 fully saturated rings. The predicted octanol–water partition coefficient (Wildman–Crippen LogP) is 1.23. The van der Waals surface area contributed by atoms with E-state index in [-0.39, 0.29) is 0 Å². The summed E-state index contributed by atoms with van der Waals surface area (Å²) in [5.74, 6) is 0.443. The van der Waals surface area contributed by atoms with Crippen LogP contribution in [0.5, 0.6) is 0 Å². The van der Waals surface area contributed by atoms with Gasteiger partial charge in [-0.3, -0.25) is 4.90 Å². The molecule has 0 amide bonds. The van der Waals surface area contributed by atoms with Gasteiger partial charge in [0.05, 0.1) is 5.60 Å². The molecule has 0 spiro atoms. The lowest BCUT2D eigenvalue weighted by molar-refractivity contribution is -0.0948. The van der Waals surface area contributed by atoms with Crippen LogP contribution >= 0.6 is 0 Å². The molecule has 0 aliphatic carbocycles. The first-order valence-corrected chi connectivity index (χ1v) is 6.96. The Hall–Kier alpha value is -0.900. The highest BCUT2D eigenvalue weighted by Gasteiger charge is 2.42. The van der Waals surface area contributed by atoms with Crippen LogP contribution in [0.3, 0.4) is 0 Å². The van der Waals surface area contributed by atoms with Gasteiger partial charge in [0, 0.05) is 25.6 Å². The van der Waals surface area contributed by atoms with Crippen LogP contribution < -0.4 is 5.32 Å². The number of benzene rings is 1. The van der Waals surface area contributed by atoms with Crippen LogP contribution in [0.1, 0.15) is 18.4 Å². The maximum absolute atomic E-state index is 10.8. The van der Waals surface area contributed by atoms with Crippen molar-refractivity contribution in [3.63, 3.8) is 0 Å². The third kappa shape index (κ3) is 2.44. The fraction of sp³-hybridized carbons (Fsp3) is 0.600. The van der Waals surface area contributed by atoms with E-state index in [4.69, 9.17) is 0 Å². The van der Waals surface area contributed by atoms with Crippen LogP contribution in [0.4, 0.5) is 0 Å². The molecule has 98 valence electrons. The van der Waals surface area contributed by atoms with Gasteiger partial charge in [-0.25, -0.2) is 0 Å². The highest BCUT2D eigenvalue weighted by molar-refractivity contribution is 5.15. The van der Waals surface area contributed by atoms with E-state index >= 15 is 0 Å². The smallest absolute Gasteiger partial charge is 0.0826 e. The van der Waals surface area contributed by atoms with Crippen molar-refractivity contribution in [2.24, 2.45) is 5.92 Å². The van der Waals surface area contributed by atoms with E-state index in [0.717, 1.165) is 45.6 Å². The van der Waals surface area contributed by atoms with Crippen molar-refractivity contribution >= 4 is 0 Å². The van der Waals surface area contributed by atoms with E-state index in [1.54, 1.807) is 0 Å². The maximum Gasteiger partial charge on any atom is 0.0826 e. The minimum absolute atomic E-state index is 0.443. The molecule has 2 aliphatic heterocycles. The lowest BCUT2D eigenvalue weighted by Gasteiger charge is -2.47. The molecule has 2 unspecified atom stereocenters. The summed E-state index contributed by atoms with van der Waals surface area (Å²) in [6, 6.07) is 10.6. The van der Waals surface area contributed by atoms with Crippen LogP contribution in [-0.4, -0.2) is 41.8 Å². The van der Waals surface area contributed by atoms with Crippen LogP contribution in [-0.2, 0) is 6.54 Å². The number of piperidine rings is 2. The number of aliphatic hydroxyl groups is 1. The van der Waals surface area contributed by atoms with Crippen molar-refractivity contribution in [1.29, 1.82) is 0 Å². The van der Waals surface area contributed by atoms with Crippen molar-refractivity contribution in [3.8, 4) is 0 Å². The predicted molar refractivity (Wildman–Crippen MR) is 72.3 cm³/mol. The summed E-state index contributed by atoms with van der Waals surface area (Å²) >= 11 is 0. The molecule has 1 aromatic carbocycles. The van der Waals surface area contributed by atoms with Gasteiger partial charge in [-0.05, 0) is 31.5 Å². The number of fused-ring (bicyclic) bond motifs is 1. The highest BCUT2D eigenvalue weighted by Crippen LogP contribution is 2.32. The van der Waals surface area contributed by atoms with E-state index in [9.17, 15) is 5.11 Å². The Bertz CT molecular complexity index is 395. The van der Waals surface area contributed by atoms with E-state index < -0.39 is 5.60 Å². The molecule has 2 saturated heterocycles. The highest BCUT2D eigenvalue weighted by atomic mass is 16.3. The van der Waals surface area contributed by atoms with Gasteiger partial charge in [0.15, 0.2) is 0 Å². The second kappa shape index (κ2) is 5.00. The monoisotopic (exact) mass is 246 g/mol. The number of likely N-dealkylation sites (tertiary alicyclic amines) is 1. The largest absolute Gasteiger partial charge is 0.388 e. The molecule has 1 aromatic rings. The zero-order chi connectivity index (χ0) is 12.4. The summed E-state index contributed by atoms with van der Waals surface area (Å²) in [6.07, 6.45) is 2.00. The van der Waals surface area contributed by atoms with Crippen LogP contribution in [0.2, 0.25) is 0 Å². The minimum Gasteiger partial charge on any atom is -0.388 e. The number of hydrogen-bond acceptors (Lipinski definition) is 3. The van der Waals surface area contributed by atoms with Crippen molar-refractivity contribution in [1.82, 2.24) is 10.2 Å². The molecule has 0 saturated carbocycles. The van der Waals surface area contributed by atoms with Crippen LogP contribution in [0.15, 0.2) is 30.3 Å². The summed E-state index contributed by atoms with van der Waals surface area (Å²) < 4.78 is 0. The van der Waals surface area contributed by atoms with Crippen molar-refractivity contribution in [2.45, 2.75) is 25.0 Å². The number of nitrogens with zero attached hydrogens (tertiary/aromatic N) is 1. The molecule has 0 bridgehead atoms. The Morgan fingerprint density at radius 2 is 2.17 bits per heavy atom. The number of rotatable bonds is 2. The fourth-order valence-corrected chi connectivity index (χ4v) is 3.34. The second-order valence-electron chi connectivity index (χ2n) is 5.74. The Morgan fingerprint density at radius 1 is 1.33 bits per heavy atom. The molecular weight excluding hydrogens is 224 g/mol. The van der Waals surface area contributed by atoms with Gasteiger partial charge in [-0.15, -0.1) is 0 Å². The molecule has 3 heteroatoms. The average molecular weight is 246 g/mol. The van der Waals surface area contributed by atoms with E-state index in [0.29, 0.717) is 5.92 Å². The van der Waals surface area contributed by atoms with Crippen molar-refractivity contribution < 1.29 is 5.11 Å². The van der Waals surface area contributed by atoms with Crippen molar-refractivity contribution in [2.75, 3.05) is 26.2 Å². The second-order valence-corrected chi connectivity index (χ2v) is 5.74. The van der Waals surface area contributed by atoms with Crippen molar-refractivity contribution in [3.05, 3.63) is 35.9 Å². The first-order chi connectivity index (χ1) is 8.76. The summed E-state index contributed by atoms with van der Waals surface area (Å²) in [7, 11) is 0. The lowest BCUT2D eigenvalue weighted by atomic mass is 9.76. The molecule has 2 heterocycles. The Balaban J connectivity index is 1.66. The molecule has 0 radical (unpaired) electrons. The fourth-order valence-electron chi connectivity index (χ4n) is 3.34. The van der Waals surface area contributed by atoms with Gasteiger partial charge in [-0.1, -0.05) is 30.3 Å². The molecule has 3 rings (SSSR count). The van der Waals surface area contributed by atoms with Gasteiger partial charge in [0.1, 0.15) is 0 Å². The molecule has 18 heavy (non-hydrogen) atoms. The quantitative estimate of drug-likeness (QED) is 0.824. The summed E-state index contributed by atoms with van der Waals surface area (Å²) in [4.78, 5) is 2.40.